The number of amides is 1. The number of aryl methyl sites for hydroxylation is 1. The van der Waals surface area contributed by atoms with Crippen molar-refractivity contribution >= 4 is 66.1 Å². The van der Waals surface area contributed by atoms with Crippen molar-refractivity contribution in [3.05, 3.63) is 34.6 Å². The van der Waals surface area contributed by atoms with Crippen LogP contribution in [0.1, 0.15) is 5.56 Å². The number of carbonyl (C=O) groups is 1. The molecule has 0 aliphatic carbocycles. The molecule has 1 amide bonds. The van der Waals surface area contributed by atoms with Gasteiger partial charge in [0.1, 0.15) is 16.1 Å². The molecule has 0 aliphatic rings. The second-order valence-electron chi connectivity index (χ2n) is 5.54. The zero-order chi connectivity index (χ0) is 18.0. The molecule has 1 aromatic carbocycles. The molecule has 2 heterocycles. The van der Waals surface area contributed by atoms with Crippen molar-refractivity contribution in [1.29, 1.82) is 0 Å². The van der Waals surface area contributed by atoms with E-state index >= 15 is 0 Å². The number of nitrogens with one attached hydrogen (secondary N) is 1. The van der Waals surface area contributed by atoms with E-state index in [4.69, 9.17) is 0 Å². The zero-order valence-electron chi connectivity index (χ0n) is 13.9. The van der Waals surface area contributed by atoms with Crippen molar-refractivity contribution in [1.82, 2.24) is 15.0 Å². The van der Waals surface area contributed by atoms with Gasteiger partial charge in [-0.25, -0.2) is 9.97 Å². The first-order valence-corrected chi connectivity index (χ1v) is 10.0. The number of rotatable bonds is 5. The first-order chi connectivity index (χ1) is 11.9. The lowest BCUT2D eigenvalue weighted by Crippen LogP contribution is -2.14. The Morgan fingerprint density at radius 1 is 1.36 bits per heavy atom. The molecular weight excluding hydrogens is 422 g/mol. The molecular formula is C16H16BrN5OS2. The largest absolute Gasteiger partial charge is 0.354 e. The van der Waals surface area contributed by atoms with Gasteiger partial charge in [0, 0.05) is 18.6 Å². The van der Waals surface area contributed by atoms with Crippen molar-refractivity contribution in [3.63, 3.8) is 0 Å². The lowest BCUT2D eigenvalue weighted by Gasteiger charge is -2.08. The molecule has 0 spiro atoms. The summed E-state index contributed by atoms with van der Waals surface area (Å²) in [5.74, 6) is 0.181. The van der Waals surface area contributed by atoms with Gasteiger partial charge in [0.05, 0.1) is 11.4 Å². The number of thioether (sulfide) groups is 1. The highest BCUT2D eigenvalue weighted by Crippen LogP contribution is 2.33. The maximum Gasteiger partial charge on any atom is 0.234 e. The Hall–Kier alpha value is -1.71. The van der Waals surface area contributed by atoms with E-state index in [1.54, 1.807) is 0 Å². The molecule has 2 aromatic heterocycles. The maximum absolute atomic E-state index is 12.3. The summed E-state index contributed by atoms with van der Waals surface area (Å²) in [6, 6.07) is 5.82. The number of fused-ring (bicyclic) bond motifs is 1. The van der Waals surface area contributed by atoms with Crippen LogP contribution >= 0.6 is 39.0 Å². The van der Waals surface area contributed by atoms with Gasteiger partial charge < -0.3 is 10.2 Å². The molecule has 0 aliphatic heterocycles. The predicted molar refractivity (Wildman–Crippen MR) is 108 cm³/mol. The number of nitrogens with zero attached hydrogens (tertiary/aromatic N) is 4. The number of thiazole rings is 1. The average Bonchev–Trinajstić information content (AvgIpc) is 3.00. The van der Waals surface area contributed by atoms with Crippen LogP contribution in [0, 0.1) is 6.92 Å². The van der Waals surface area contributed by atoms with E-state index in [9.17, 15) is 4.79 Å². The quantitative estimate of drug-likeness (QED) is 0.481. The molecule has 3 aromatic rings. The Balaban J connectivity index is 1.70. The fourth-order valence-corrected chi connectivity index (χ4v) is 4.46. The number of anilines is 2. The van der Waals surface area contributed by atoms with Crippen LogP contribution in [0.5, 0.6) is 0 Å². The molecule has 1 N–H and O–H groups in total. The third kappa shape index (κ3) is 4.28. The summed E-state index contributed by atoms with van der Waals surface area (Å²) >= 11 is 6.37. The van der Waals surface area contributed by atoms with Crippen LogP contribution < -0.4 is 10.2 Å². The molecule has 0 fully saturated rings. The summed E-state index contributed by atoms with van der Waals surface area (Å²) in [7, 11) is 3.87. The minimum Gasteiger partial charge on any atom is -0.354 e. The third-order valence-electron chi connectivity index (χ3n) is 3.27. The van der Waals surface area contributed by atoms with Gasteiger partial charge in [-0.15, -0.1) is 0 Å². The highest BCUT2D eigenvalue weighted by atomic mass is 79.9. The van der Waals surface area contributed by atoms with Gasteiger partial charge in [-0.2, -0.15) is 4.98 Å². The second-order valence-corrected chi connectivity index (χ2v) is 8.34. The molecule has 3 rings (SSSR count). The number of carbonyl (C=O) groups excluding carboxylic acids is 1. The summed E-state index contributed by atoms with van der Waals surface area (Å²) < 4.78 is 1.77. The third-order valence-corrected chi connectivity index (χ3v) is 6.26. The molecule has 0 bridgehead atoms. The summed E-state index contributed by atoms with van der Waals surface area (Å²) in [5, 5.41) is 4.55. The van der Waals surface area contributed by atoms with E-state index in [1.807, 2.05) is 44.1 Å². The molecule has 0 radical (unpaired) electrons. The molecule has 0 unspecified atom stereocenters. The van der Waals surface area contributed by atoms with Gasteiger partial charge in [0.2, 0.25) is 5.91 Å². The molecule has 0 saturated carbocycles. The summed E-state index contributed by atoms with van der Waals surface area (Å²) in [4.78, 5) is 27.2. The van der Waals surface area contributed by atoms with Crippen molar-refractivity contribution < 1.29 is 4.79 Å². The van der Waals surface area contributed by atoms with E-state index < -0.39 is 0 Å². The predicted octanol–water partition coefficient (Wildman–Crippen LogP) is 3.95. The highest BCUT2D eigenvalue weighted by molar-refractivity contribution is 9.10. The lowest BCUT2D eigenvalue weighted by atomic mass is 10.2. The topological polar surface area (TPSA) is 71.0 Å². The van der Waals surface area contributed by atoms with Crippen LogP contribution in [0.15, 0.2) is 34.0 Å². The first kappa shape index (κ1) is 18.1. The number of halogens is 1. The Morgan fingerprint density at radius 2 is 2.16 bits per heavy atom. The van der Waals surface area contributed by atoms with Gasteiger partial charge in [0.25, 0.3) is 0 Å². The van der Waals surface area contributed by atoms with Crippen molar-refractivity contribution in [2.45, 2.75) is 11.9 Å². The standard InChI is InChI=1S/C16H16BrN5OS2/c1-9-4-5-11(10(17)6-9)20-12(23)7-24-15-13-14(18-8-19-15)21-16(25-13)22(2)3/h4-6,8H,7H2,1-3H3,(H,20,23). The lowest BCUT2D eigenvalue weighted by molar-refractivity contribution is -0.113. The minimum absolute atomic E-state index is 0.0846. The molecule has 0 atom stereocenters. The summed E-state index contributed by atoms with van der Waals surface area (Å²) in [6.07, 6.45) is 1.48. The average molecular weight is 438 g/mol. The highest BCUT2D eigenvalue weighted by Gasteiger charge is 2.14. The smallest absolute Gasteiger partial charge is 0.234 e. The zero-order valence-corrected chi connectivity index (χ0v) is 17.1. The van der Waals surface area contributed by atoms with E-state index in [0.29, 0.717) is 5.65 Å². The molecule has 25 heavy (non-hydrogen) atoms. The van der Waals surface area contributed by atoms with Gasteiger partial charge in [-0.05, 0) is 40.5 Å². The van der Waals surface area contributed by atoms with Gasteiger partial charge in [-0.3, -0.25) is 4.79 Å². The van der Waals surface area contributed by atoms with Crippen molar-refractivity contribution in [3.8, 4) is 0 Å². The van der Waals surface area contributed by atoms with Crippen LogP contribution in [0.25, 0.3) is 10.3 Å². The van der Waals surface area contributed by atoms with Crippen LogP contribution in [-0.2, 0) is 4.79 Å². The summed E-state index contributed by atoms with van der Waals surface area (Å²) in [6.45, 7) is 2.00. The van der Waals surface area contributed by atoms with Gasteiger partial charge in [0.15, 0.2) is 10.8 Å². The van der Waals surface area contributed by atoms with E-state index in [-0.39, 0.29) is 11.7 Å². The fourth-order valence-electron chi connectivity index (χ4n) is 2.06. The van der Waals surface area contributed by atoms with Crippen molar-refractivity contribution in [2.24, 2.45) is 0 Å². The van der Waals surface area contributed by atoms with Crippen LogP contribution in [0.4, 0.5) is 10.8 Å². The molecule has 9 heteroatoms. The number of hydrogen-bond donors (Lipinski definition) is 1. The van der Waals surface area contributed by atoms with Gasteiger partial charge >= 0.3 is 0 Å². The van der Waals surface area contributed by atoms with Crippen LogP contribution in [0.2, 0.25) is 0 Å². The SMILES string of the molecule is Cc1ccc(NC(=O)CSc2ncnc3nc(N(C)C)sc23)c(Br)c1. The fraction of sp³-hybridized carbons (Fsp3) is 0.250. The Labute approximate surface area is 162 Å². The molecule has 130 valence electrons. The van der Waals surface area contributed by atoms with E-state index in [0.717, 1.165) is 30.6 Å². The Kier molecular flexibility index (Phi) is 5.55. The van der Waals surface area contributed by atoms with Crippen molar-refractivity contribution in [2.75, 3.05) is 30.1 Å². The van der Waals surface area contributed by atoms with E-state index in [1.165, 1.54) is 29.4 Å². The first-order valence-electron chi connectivity index (χ1n) is 7.41. The second kappa shape index (κ2) is 7.67. The van der Waals surface area contributed by atoms with Crippen LogP contribution in [0.3, 0.4) is 0 Å². The molecule has 6 nitrogen and oxygen atoms in total. The maximum atomic E-state index is 12.3. The van der Waals surface area contributed by atoms with E-state index in [2.05, 4.69) is 36.2 Å². The normalized spacial score (nSPS) is 10.9. The number of aromatic nitrogens is 3. The van der Waals surface area contributed by atoms with Gasteiger partial charge in [-0.1, -0.05) is 29.2 Å². The number of hydrogen-bond acceptors (Lipinski definition) is 7. The number of benzene rings is 1. The minimum atomic E-state index is -0.0846. The Morgan fingerprint density at radius 3 is 2.88 bits per heavy atom. The summed E-state index contributed by atoms with van der Waals surface area (Å²) in [5.41, 5.74) is 2.55. The Bertz CT molecular complexity index is 928. The van der Waals surface area contributed by atoms with Crippen LogP contribution in [-0.4, -0.2) is 40.7 Å². The monoisotopic (exact) mass is 437 g/mol. The molecule has 0 saturated heterocycles.